The van der Waals surface area contributed by atoms with Crippen LogP contribution in [0, 0.1) is 0 Å². The molecule has 0 unspecified atom stereocenters. The maximum Gasteiger partial charge on any atom is 0.276 e. The van der Waals surface area contributed by atoms with E-state index in [0.29, 0.717) is 28.8 Å². The molecule has 0 radical (unpaired) electrons. The van der Waals surface area contributed by atoms with Gasteiger partial charge >= 0.3 is 0 Å². The Morgan fingerprint density at radius 2 is 2.00 bits per heavy atom. The zero-order valence-electron chi connectivity index (χ0n) is 15.9. The van der Waals surface area contributed by atoms with Crippen molar-refractivity contribution < 1.29 is 23.9 Å². The van der Waals surface area contributed by atoms with Crippen molar-refractivity contribution in [2.45, 2.75) is 13.2 Å². The van der Waals surface area contributed by atoms with Gasteiger partial charge in [0, 0.05) is 25.2 Å². The second kappa shape index (κ2) is 9.95. The van der Waals surface area contributed by atoms with Gasteiger partial charge in [-0.15, -0.1) is 0 Å². The summed E-state index contributed by atoms with van der Waals surface area (Å²) < 4.78 is 15.9. The van der Waals surface area contributed by atoms with Gasteiger partial charge < -0.3 is 24.0 Å². The van der Waals surface area contributed by atoms with Crippen molar-refractivity contribution in [3.63, 3.8) is 0 Å². The third kappa shape index (κ3) is 5.49. The van der Waals surface area contributed by atoms with Crippen LogP contribution in [0.25, 0.3) is 0 Å². The lowest BCUT2D eigenvalue weighted by atomic mass is 10.2. The number of aliphatic hydroxyl groups is 1. The number of carbonyl (C=O) groups excluding carboxylic acids is 1. The molecule has 0 aliphatic rings. The number of benzene rings is 2. The number of rotatable bonds is 9. The first-order chi connectivity index (χ1) is 14.1. The van der Waals surface area contributed by atoms with Crippen molar-refractivity contribution in [2.24, 2.45) is 0 Å². The van der Waals surface area contributed by atoms with Gasteiger partial charge in [-0.2, -0.15) is 0 Å². The summed E-state index contributed by atoms with van der Waals surface area (Å²) in [5, 5.41) is 13.6. The molecule has 0 aliphatic heterocycles. The van der Waals surface area contributed by atoms with E-state index >= 15 is 0 Å². The summed E-state index contributed by atoms with van der Waals surface area (Å²) in [6.45, 7) is 0.460. The quantitative estimate of drug-likeness (QED) is 0.574. The minimum absolute atomic E-state index is 0.0605. The number of carbonyl (C=O) groups is 1. The van der Waals surface area contributed by atoms with Crippen LogP contribution < -0.4 is 9.47 Å². The van der Waals surface area contributed by atoms with Crippen LogP contribution in [0.15, 0.2) is 59.1 Å². The van der Waals surface area contributed by atoms with Crippen molar-refractivity contribution >= 4 is 17.5 Å². The molecule has 0 spiro atoms. The summed E-state index contributed by atoms with van der Waals surface area (Å²) in [4.78, 5) is 14.3. The average Bonchev–Trinajstić information content (AvgIpc) is 3.21. The second-order valence-corrected chi connectivity index (χ2v) is 6.61. The Bertz CT molecular complexity index is 945. The van der Waals surface area contributed by atoms with E-state index in [9.17, 15) is 9.90 Å². The van der Waals surface area contributed by atoms with Gasteiger partial charge in [-0.25, -0.2) is 0 Å². The zero-order chi connectivity index (χ0) is 20.6. The molecule has 8 heteroatoms. The van der Waals surface area contributed by atoms with Crippen LogP contribution in [0.4, 0.5) is 0 Å². The van der Waals surface area contributed by atoms with Crippen LogP contribution in [-0.4, -0.2) is 41.3 Å². The number of nitrogens with zero attached hydrogens (tertiary/aromatic N) is 2. The minimum Gasteiger partial charge on any atom is -0.497 e. The smallest absolute Gasteiger partial charge is 0.276 e. The molecule has 1 amide bonds. The third-order valence-corrected chi connectivity index (χ3v) is 4.46. The number of ether oxygens (including phenoxy) is 2. The lowest BCUT2D eigenvalue weighted by Crippen LogP contribution is -2.33. The van der Waals surface area contributed by atoms with Crippen LogP contribution in [0.5, 0.6) is 11.5 Å². The molecular formula is C21H21ClN2O5. The Morgan fingerprint density at radius 3 is 2.69 bits per heavy atom. The van der Waals surface area contributed by atoms with Gasteiger partial charge in [0.15, 0.2) is 11.5 Å². The number of aliphatic hydroxyl groups excluding tert-OH is 1. The van der Waals surface area contributed by atoms with Crippen LogP contribution in [0.1, 0.15) is 21.8 Å². The lowest BCUT2D eigenvalue weighted by Gasteiger charge is -2.20. The highest BCUT2D eigenvalue weighted by Gasteiger charge is 2.20. The van der Waals surface area contributed by atoms with Gasteiger partial charge in [-0.3, -0.25) is 4.79 Å². The van der Waals surface area contributed by atoms with E-state index in [4.69, 9.17) is 25.6 Å². The number of amides is 1. The first-order valence-electron chi connectivity index (χ1n) is 8.96. The number of halogens is 1. The predicted octanol–water partition coefficient (Wildman–Crippen LogP) is 3.55. The number of methoxy groups -OCH3 is 1. The molecule has 1 heterocycles. The van der Waals surface area contributed by atoms with Crippen molar-refractivity contribution in [3.8, 4) is 11.5 Å². The summed E-state index contributed by atoms with van der Waals surface area (Å²) in [5.74, 6) is 1.13. The van der Waals surface area contributed by atoms with E-state index in [0.717, 1.165) is 5.56 Å². The Balaban J connectivity index is 1.65. The van der Waals surface area contributed by atoms with Crippen molar-refractivity contribution in [1.82, 2.24) is 10.1 Å². The van der Waals surface area contributed by atoms with E-state index in [1.165, 1.54) is 11.0 Å². The predicted molar refractivity (Wildman–Crippen MR) is 107 cm³/mol. The van der Waals surface area contributed by atoms with Crippen molar-refractivity contribution in [2.75, 3.05) is 20.3 Å². The highest BCUT2D eigenvalue weighted by atomic mass is 35.5. The van der Waals surface area contributed by atoms with E-state index in [-0.39, 0.29) is 31.4 Å². The molecule has 29 heavy (non-hydrogen) atoms. The summed E-state index contributed by atoms with van der Waals surface area (Å²) in [7, 11) is 1.55. The highest BCUT2D eigenvalue weighted by molar-refractivity contribution is 6.32. The zero-order valence-corrected chi connectivity index (χ0v) is 16.6. The van der Waals surface area contributed by atoms with Crippen LogP contribution in [-0.2, 0) is 13.2 Å². The average molecular weight is 417 g/mol. The molecule has 0 fully saturated rings. The fourth-order valence-electron chi connectivity index (χ4n) is 2.70. The molecule has 3 aromatic rings. The van der Waals surface area contributed by atoms with E-state index < -0.39 is 0 Å². The Morgan fingerprint density at radius 1 is 1.21 bits per heavy atom. The molecule has 0 atom stereocenters. The molecule has 1 N–H and O–H groups in total. The molecule has 1 aromatic heterocycles. The number of aromatic nitrogens is 1. The summed E-state index contributed by atoms with van der Waals surface area (Å²) in [5.41, 5.74) is 1.10. The van der Waals surface area contributed by atoms with Crippen LogP contribution >= 0.6 is 11.6 Å². The number of hydrogen-bond acceptors (Lipinski definition) is 6. The molecule has 7 nitrogen and oxygen atoms in total. The van der Waals surface area contributed by atoms with E-state index in [2.05, 4.69) is 5.16 Å². The van der Waals surface area contributed by atoms with Gasteiger partial charge in [0.1, 0.15) is 18.1 Å². The first-order valence-corrected chi connectivity index (χ1v) is 9.34. The van der Waals surface area contributed by atoms with E-state index in [1.54, 1.807) is 25.3 Å². The van der Waals surface area contributed by atoms with Crippen molar-refractivity contribution in [1.29, 1.82) is 0 Å². The summed E-state index contributed by atoms with van der Waals surface area (Å²) in [6.07, 6.45) is 0. The standard InChI is InChI=1S/C21H21ClN2O5/c1-27-16-7-8-20(18(22)11-16)28-14-17-12-19(23-29-17)21(26)24(9-10-25)13-15-5-3-2-4-6-15/h2-8,11-12,25H,9-10,13-14H2,1H3. The van der Waals surface area contributed by atoms with Crippen LogP contribution in [0.2, 0.25) is 5.02 Å². The topological polar surface area (TPSA) is 85.0 Å². The molecular weight excluding hydrogens is 396 g/mol. The Labute approximate surface area is 173 Å². The summed E-state index contributed by atoms with van der Waals surface area (Å²) in [6, 6.07) is 16.1. The molecule has 2 aromatic carbocycles. The van der Waals surface area contributed by atoms with Gasteiger partial charge in [0.2, 0.25) is 0 Å². The Hall–Kier alpha value is -3.03. The fourth-order valence-corrected chi connectivity index (χ4v) is 2.92. The molecule has 3 rings (SSSR count). The van der Waals surface area contributed by atoms with E-state index in [1.807, 2.05) is 30.3 Å². The molecule has 0 saturated carbocycles. The molecule has 0 aliphatic carbocycles. The first kappa shape index (κ1) is 20.7. The van der Waals surface area contributed by atoms with Gasteiger partial charge in [0.05, 0.1) is 18.7 Å². The van der Waals surface area contributed by atoms with Gasteiger partial charge in [-0.1, -0.05) is 47.1 Å². The Kier molecular flexibility index (Phi) is 7.10. The van der Waals surface area contributed by atoms with Gasteiger partial charge in [0.25, 0.3) is 5.91 Å². The van der Waals surface area contributed by atoms with Gasteiger partial charge in [-0.05, 0) is 17.7 Å². The number of hydrogen-bond donors (Lipinski definition) is 1. The minimum atomic E-state index is -0.333. The largest absolute Gasteiger partial charge is 0.497 e. The van der Waals surface area contributed by atoms with Crippen LogP contribution in [0.3, 0.4) is 0 Å². The lowest BCUT2D eigenvalue weighted by molar-refractivity contribution is 0.0697. The SMILES string of the molecule is COc1ccc(OCc2cc(C(=O)N(CCO)Cc3ccccc3)no2)c(Cl)c1. The summed E-state index contributed by atoms with van der Waals surface area (Å²) >= 11 is 6.15. The van der Waals surface area contributed by atoms with Crippen molar-refractivity contribution in [3.05, 3.63) is 76.6 Å². The monoisotopic (exact) mass is 416 g/mol. The fraction of sp³-hybridized carbons (Fsp3) is 0.238. The molecule has 152 valence electrons. The second-order valence-electron chi connectivity index (χ2n) is 6.20. The molecule has 0 bridgehead atoms. The maximum absolute atomic E-state index is 12.8. The molecule has 0 saturated heterocycles. The third-order valence-electron chi connectivity index (χ3n) is 4.16. The maximum atomic E-state index is 12.8. The normalized spacial score (nSPS) is 10.6. The highest BCUT2D eigenvalue weighted by Crippen LogP contribution is 2.29.